The Balaban J connectivity index is 1.47. The van der Waals surface area contributed by atoms with E-state index < -0.39 is 0 Å². The van der Waals surface area contributed by atoms with Crippen molar-refractivity contribution in [1.29, 1.82) is 0 Å². The summed E-state index contributed by atoms with van der Waals surface area (Å²) in [6.45, 7) is 4.35. The SMILES string of the molecule is CCCCCC1CCC(c2ccc(-c3ccc(-c4cc(CCCO)c(O)cc4CC)c(F)c3)cc2)CC1. The smallest absolute Gasteiger partial charge is 0.131 e. The standard InChI is InChI=1S/C34H43FO2/c1-3-5-6-8-24-10-12-26(13-11-24)27-14-16-28(17-15-27)29-18-19-31(33(35)22-29)32-21-30(9-7-20-36)34(37)23-25(32)4-2/h14-19,21-24,26,36-37H,3-13,20H2,1-2H3. The zero-order valence-corrected chi connectivity index (χ0v) is 22.6. The van der Waals surface area contributed by atoms with Crippen LogP contribution in [0.15, 0.2) is 54.6 Å². The van der Waals surface area contributed by atoms with E-state index in [9.17, 15) is 10.2 Å². The number of rotatable bonds is 11. The minimum absolute atomic E-state index is 0.0620. The molecule has 1 saturated carbocycles. The molecule has 0 saturated heterocycles. The number of benzene rings is 3. The number of hydrogen-bond donors (Lipinski definition) is 2. The molecule has 3 heteroatoms. The van der Waals surface area contributed by atoms with Crippen molar-refractivity contribution in [3.63, 3.8) is 0 Å². The molecule has 0 radical (unpaired) electrons. The number of phenols is 1. The van der Waals surface area contributed by atoms with Crippen LogP contribution in [-0.4, -0.2) is 16.8 Å². The van der Waals surface area contributed by atoms with Crippen LogP contribution < -0.4 is 0 Å². The summed E-state index contributed by atoms with van der Waals surface area (Å²) in [5.74, 6) is 1.53. The summed E-state index contributed by atoms with van der Waals surface area (Å²) in [4.78, 5) is 0. The molecule has 1 fully saturated rings. The summed E-state index contributed by atoms with van der Waals surface area (Å²) in [5.41, 5.74) is 6.37. The number of halogens is 1. The van der Waals surface area contributed by atoms with Gasteiger partial charge in [-0.3, -0.25) is 0 Å². The normalized spacial score (nSPS) is 17.7. The van der Waals surface area contributed by atoms with E-state index in [-0.39, 0.29) is 18.2 Å². The van der Waals surface area contributed by atoms with Crippen LogP contribution in [0.4, 0.5) is 4.39 Å². The Morgan fingerprint density at radius 2 is 1.51 bits per heavy atom. The first-order chi connectivity index (χ1) is 18.0. The van der Waals surface area contributed by atoms with Gasteiger partial charge in [0.1, 0.15) is 11.6 Å². The van der Waals surface area contributed by atoms with Gasteiger partial charge in [0, 0.05) is 12.2 Å². The molecule has 3 aromatic rings. The molecular weight excluding hydrogens is 459 g/mol. The molecule has 0 aliphatic heterocycles. The fraction of sp³-hybridized carbons (Fsp3) is 0.471. The largest absolute Gasteiger partial charge is 0.508 e. The number of unbranched alkanes of at least 4 members (excludes halogenated alkanes) is 2. The lowest BCUT2D eigenvalue weighted by atomic mass is 9.77. The van der Waals surface area contributed by atoms with Crippen molar-refractivity contribution in [1.82, 2.24) is 0 Å². The Labute approximate surface area is 222 Å². The van der Waals surface area contributed by atoms with Gasteiger partial charge >= 0.3 is 0 Å². The van der Waals surface area contributed by atoms with Gasteiger partial charge in [-0.2, -0.15) is 0 Å². The molecule has 1 aliphatic rings. The van der Waals surface area contributed by atoms with Gasteiger partial charge in [0.15, 0.2) is 0 Å². The molecule has 2 nitrogen and oxygen atoms in total. The molecule has 198 valence electrons. The molecule has 0 spiro atoms. The molecule has 0 atom stereocenters. The first kappa shape index (κ1) is 27.4. The third-order valence-corrected chi connectivity index (χ3v) is 8.33. The maximum Gasteiger partial charge on any atom is 0.131 e. The molecule has 0 bridgehead atoms. The highest BCUT2D eigenvalue weighted by Gasteiger charge is 2.22. The molecule has 0 unspecified atom stereocenters. The Morgan fingerprint density at radius 3 is 2.16 bits per heavy atom. The molecule has 3 aromatic carbocycles. The van der Waals surface area contributed by atoms with E-state index in [1.807, 2.05) is 25.1 Å². The van der Waals surface area contributed by atoms with Crippen LogP contribution in [0.3, 0.4) is 0 Å². The quantitative estimate of drug-likeness (QED) is 0.257. The fourth-order valence-corrected chi connectivity index (χ4v) is 6.02. The number of aromatic hydroxyl groups is 1. The van der Waals surface area contributed by atoms with Crippen molar-refractivity contribution < 1.29 is 14.6 Å². The van der Waals surface area contributed by atoms with Gasteiger partial charge in [-0.25, -0.2) is 4.39 Å². The Bertz CT molecular complexity index is 1140. The van der Waals surface area contributed by atoms with Gasteiger partial charge in [0.05, 0.1) is 0 Å². The minimum Gasteiger partial charge on any atom is -0.508 e. The number of aryl methyl sites for hydroxylation is 2. The summed E-state index contributed by atoms with van der Waals surface area (Å²) < 4.78 is 15.4. The molecule has 37 heavy (non-hydrogen) atoms. The van der Waals surface area contributed by atoms with Crippen molar-refractivity contribution >= 4 is 0 Å². The van der Waals surface area contributed by atoms with Crippen LogP contribution in [0.25, 0.3) is 22.3 Å². The van der Waals surface area contributed by atoms with Crippen molar-refractivity contribution in [3.05, 3.63) is 77.1 Å². The minimum atomic E-state index is -0.253. The van der Waals surface area contributed by atoms with Gasteiger partial charge in [0.2, 0.25) is 0 Å². The van der Waals surface area contributed by atoms with Crippen molar-refractivity contribution in [2.75, 3.05) is 6.61 Å². The Morgan fingerprint density at radius 1 is 0.784 bits per heavy atom. The van der Waals surface area contributed by atoms with E-state index in [2.05, 4.69) is 31.2 Å². The zero-order chi connectivity index (χ0) is 26.2. The summed E-state index contributed by atoms with van der Waals surface area (Å²) in [5, 5.41) is 19.6. The fourth-order valence-electron chi connectivity index (χ4n) is 6.02. The van der Waals surface area contributed by atoms with Crippen molar-refractivity contribution in [2.45, 2.75) is 90.4 Å². The van der Waals surface area contributed by atoms with E-state index in [4.69, 9.17) is 0 Å². The van der Waals surface area contributed by atoms with E-state index in [1.165, 1.54) is 56.9 Å². The van der Waals surface area contributed by atoms with Gasteiger partial charge in [-0.05, 0) is 108 Å². The first-order valence-electron chi connectivity index (χ1n) is 14.4. The number of hydrogen-bond acceptors (Lipinski definition) is 2. The van der Waals surface area contributed by atoms with Gasteiger partial charge in [0.25, 0.3) is 0 Å². The predicted octanol–water partition coefficient (Wildman–Crippen LogP) is 9.21. The number of phenolic OH excluding ortho intramolecular Hbond substituents is 1. The lowest BCUT2D eigenvalue weighted by Gasteiger charge is -2.29. The van der Waals surface area contributed by atoms with Crippen LogP contribution in [0.2, 0.25) is 0 Å². The Hall–Kier alpha value is -2.65. The molecule has 0 heterocycles. The Kier molecular flexibility index (Phi) is 9.80. The average Bonchev–Trinajstić information content (AvgIpc) is 2.93. The van der Waals surface area contributed by atoms with E-state index in [0.29, 0.717) is 30.7 Å². The maximum absolute atomic E-state index is 15.4. The lowest BCUT2D eigenvalue weighted by Crippen LogP contribution is -2.13. The van der Waals surface area contributed by atoms with Gasteiger partial charge in [-0.1, -0.05) is 75.9 Å². The summed E-state index contributed by atoms with van der Waals surface area (Å²) in [7, 11) is 0. The van der Waals surface area contributed by atoms with E-state index in [1.54, 1.807) is 12.1 Å². The summed E-state index contributed by atoms with van der Waals surface area (Å²) >= 11 is 0. The van der Waals surface area contributed by atoms with E-state index in [0.717, 1.165) is 33.7 Å². The third-order valence-electron chi connectivity index (χ3n) is 8.33. The van der Waals surface area contributed by atoms with E-state index >= 15 is 4.39 Å². The van der Waals surface area contributed by atoms with Gasteiger partial charge in [-0.15, -0.1) is 0 Å². The highest BCUT2D eigenvalue weighted by atomic mass is 19.1. The topological polar surface area (TPSA) is 40.5 Å². The second-order valence-corrected chi connectivity index (χ2v) is 10.8. The van der Waals surface area contributed by atoms with Crippen LogP contribution in [-0.2, 0) is 12.8 Å². The molecule has 4 rings (SSSR count). The summed E-state index contributed by atoms with van der Waals surface area (Å²) in [6.07, 6.45) is 12.5. The predicted molar refractivity (Wildman–Crippen MR) is 153 cm³/mol. The first-order valence-corrected chi connectivity index (χ1v) is 14.4. The van der Waals surface area contributed by atoms with Crippen LogP contribution in [0.5, 0.6) is 5.75 Å². The van der Waals surface area contributed by atoms with Crippen LogP contribution in [0, 0.1) is 11.7 Å². The highest BCUT2D eigenvalue weighted by Crippen LogP contribution is 2.39. The maximum atomic E-state index is 15.4. The number of aliphatic hydroxyl groups is 1. The molecule has 0 amide bonds. The molecule has 2 N–H and O–H groups in total. The monoisotopic (exact) mass is 502 g/mol. The third kappa shape index (κ3) is 6.82. The second-order valence-electron chi connectivity index (χ2n) is 10.8. The molecular formula is C34H43FO2. The number of aliphatic hydroxyl groups excluding tert-OH is 1. The zero-order valence-electron chi connectivity index (χ0n) is 22.6. The van der Waals surface area contributed by atoms with Gasteiger partial charge < -0.3 is 10.2 Å². The lowest BCUT2D eigenvalue weighted by molar-refractivity contribution is 0.288. The van der Waals surface area contributed by atoms with Crippen molar-refractivity contribution in [3.8, 4) is 28.0 Å². The molecule has 1 aliphatic carbocycles. The average molecular weight is 503 g/mol. The molecule has 0 aromatic heterocycles. The van der Waals surface area contributed by atoms with Crippen LogP contribution in [0.1, 0.15) is 94.2 Å². The summed E-state index contributed by atoms with van der Waals surface area (Å²) in [6, 6.07) is 17.9. The highest BCUT2D eigenvalue weighted by molar-refractivity contribution is 5.74. The van der Waals surface area contributed by atoms with Crippen LogP contribution >= 0.6 is 0 Å². The second kappa shape index (κ2) is 13.2. The van der Waals surface area contributed by atoms with Crippen molar-refractivity contribution in [2.24, 2.45) is 5.92 Å².